The highest BCUT2D eigenvalue weighted by atomic mass is 35.5. The average molecular weight is 278 g/mol. The van der Waals surface area contributed by atoms with Crippen molar-refractivity contribution in [3.8, 4) is 11.3 Å². The van der Waals surface area contributed by atoms with Crippen molar-refractivity contribution in [2.75, 3.05) is 0 Å². The molecule has 5 heteroatoms. The molecule has 0 radical (unpaired) electrons. The summed E-state index contributed by atoms with van der Waals surface area (Å²) < 4.78 is 0. The molecular weight excluding hydrogens is 269 g/mol. The average Bonchev–Trinajstić information content (AvgIpc) is 2.87. The third-order valence-corrected chi connectivity index (χ3v) is 3.59. The number of aromatic amines is 1. The molecule has 0 spiro atoms. The fourth-order valence-electron chi connectivity index (χ4n) is 1.99. The first-order chi connectivity index (χ1) is 8.66. The number of nitrogens with one attached hydrogen (secondary N) is 1. The molecule has 0 aliphatic rings. The van der Waals surface area contributed by atoms with Crippen molar-refractivity contribution in [2.24, 2.45) is 0 Å². The zero-order valence-corrected chi connectivity index (χ0v) is 11.0. The number of rotatable bonds is 1. The summed E-state index contributed by atoms with van der Waals surface area (Å²) in [4.78, 5) is 4.46. The quantitative estimate of drug-likeness (QED) is 0.723. The van der Waals surface area contributed by atoms with Gasteiger partial charge in [0.25, 0.3) is 0 Å². The molecule has 0 amide bonds. The molecule has 0 bridgehead atoms. The highest BCUT2D eigenvalue weighted by molar-refractivity contribution is 6.45. The summed E-state index contributed by atoms with van der Waals surface area (Å²) >= 11 is 12.2. The Hall–Kier alpha value is -1.58. The molecule has 0 aliphatic carbocycles. The fraction of sp³-hybridized carbons (Fsp3) is 0.0769. The number of fused-ring (bicyclic) bond motifs is 1. The number of benzene rings is 1. The molecule has 90 valence electrons. The van der Waals surface area contributed by atoms with Crippen molar-refractivity contribution < 1.29 is 0 Å². The van der Waals surface area contributed by atoms with Gasteiger partial charge in [-0.05, 0) is 25.1 Å². The summed E-state index contributed by atoms with van der Waals surface area (Å²) in [5, 5.41) is 8.88. The highest BCUT2D eigenvalue weighted by Crippen LogP contribution is 2.34. The number of nitrogens with zero attached hydrogens (tertiary/aromatic N) is 2. The summed E-state index contributed by atoms with van der Waals surface area (Å²) in [7, 11) is 0. The van der Waals surface area contributed by atoms with Crippen LogP contribution in [0.4, 0.5) is 0 Å². The SMILES string of the molecule is Cc1cc(-c2ccn[nH]2)c2ccc(Cl)c(Cl)c2n1. The van der Waals surface area contributed by atoms with Crippen LogP contribution in [0.5, 0.6) is 0 Å². The molecule has 0 saturated carbocycles. The Morgan fingerprint density at radius 2 is 2.00 bits per heavy atom. The molecule has 0 unspecified atom stereocenters. The van der Waals surface area contributed by atoms with Crippen molar-refractivity contribution in [3.05, 3.63) is 46.2 Å². The predicted molar refractivity (Wildman–Crippen MR) is 74.1 cm³/mol. The van der Waals surface area contributed by atoms with Crippen LogP contribution in [0.25, 0.3) is 22.2 Å². The van der Waals surface area contributed by atoms with Gasteiger partial charge < -0.3 is 0 Å². The minimum absolute atomic E-state index is 0.485. The molecule has 0 saturated heterocycles. The number of halogens is 2. The highest BCUT2D eigenvalue weighted by Gasteiger charge is 2.11. The molecule has 3 nitrogen and oxygen atoms in total. The zero-order valence-electron chi connectivity index (χ0n) is 9.54. The lowest BCUT2D eigenvalue weighted by Crippen LogP contribution is -1.90. The fourth-order valence-corrected chi connectivity index (χ4v) is 2.35. The largest absolute Gasteiger partial charge is 0.278 e. The minimum atomic E-state index is 0.485. The van der Waals surface area contributed by atoms with Gasteiger partial charge in [-0.1, -0.05) is 29.3 Å². The Morgan fingerprint density at radius 1 is 1.17 bits per heavy atom. The molecule has 2 heterocycles. The van der Waals surface area contributed by atoms with E-state index in [1.54, 1.807) is 12.3 Å². The maximum atomic E-state index is 6.21. The Labute approximate surface area is 114 Å². The van der Waals surface area contributed by atoms with Crippen LogP contribution in [0.2, 0.25) is 10.0 Å². The number of H-pyrrole nitrogens is 1. The maximum absolute atomic E-state index is 6.21. The van der Waals surface area contributed by atoms with Crippen LogP contribution in [0.15, 0.2) is 30.5 Å². The number of aryl methyl sites for hydroxylation is 1. The van der Waals surface area contributed by atoms with E-state index in [4.69, 9.17) is 23.2 Å². The Kier molecular flexibility index (Phi) is 2.73. The number of aromatic nitrogens is 3. The topological polar surface area (TPSA) is 41.6 Å². The van der Waals surface area contributed by atoms with Crippen LogP contribution < -0.4 is 0 Å². The van der Waals surface area contributed by atoms with Crippen molar-refractivity contribution in [1.29, 1.82) is 0 Å². The molecule has 1 N–H and O–H groups in total. The maximum Gasteiger partial charge on any atom is 0.0913 e. The van der Waals surface area contributed by atoms with E-state index in [0.717, 1.165) is 22.3 Å². The molecule has 18 heavy (non-hydrogen) atoms. The second kappa shape index (κ2) is 4.26. The lowest BCUT2D eigenvalue weighted by Gasteiger charge is -2.08. The molecule has 1 aromatic carbocycles. The Bertz CT molecular complexity index is 721. The minimum Gasteiger partial charge on any atom is -0.278 e. The van der Waals surface area contributed by atoms with Gasteiger partial charge in [0.05, 0.1) is 21.3 Å². The van der Waals surface area contributed by atoms with Gasteiger partial charge in [0, 0.05) is 22.8 Å². The van der Waals surface area contributed by atoms with Crippen molar-refractivity contribution >= 4 is 34.1 Å². The summed E-state index contributed by atoms with van der Waals surface area (Å²) in [5.41, 5.74) is 3.56. The smallest absolute Gasteiger partial charge is 0.0913 e. The molecule has 0 fully saturated rings. The van der Waals surface area contributed by atoms with Gasteiger partial charge in [-0.2, -0.15) is 5.10 Å². The van der Waals surface area contributed by atoms with Crippen LogP contribution in [0.1, 0.15) is 5.69 Å². The molecule has 3 aromatic rings. The van der Waals surface area contributed by atoms with E-state index in [1.165, 1.54) is 0 Å². The van der Waals surface area contributed by atoms with Crippen molar-refractivity contribution in [3.63, 3.8) is 0 Å². The van der Waals surface area contributed by atoms with E-state index < -0.39 is 0 Å². The molecular formula is C13H9Cl2N3. The molecule has 0 atom stereocenters. The van der Waals surface area contributed by atoms with Crippen LogP contribution in [-0.2, 0) is 0 Å². The summed E-state index contributed by atoms with van der Waals surface area (Å²) in [5.74, 6) is 0. The van der Waals surface area contributed by atoms with Gasteiger partial charge in [0.15, 0.2) is 0 Å². The van der Waals surface area contributed by atoms with Crippen LogP contribution >= 0.6 is 23.2 Å². The third kappa shape index (κ3) is 1.76. The van der Waals surface area contributed by atoms with Crippen LogP contribution in [-0.4, -0.2) is 15.2 Å². The Balaban J connectivity index is 2.43. The van der Waals surface area contributed by atoms with Crippen molar-refractivity contribution in [2.45, 2.75) is 6.92 Å². The van der Waals surface area contributed by atoms with Crippen LogP contribution in [0.3, 0.4) is 0 Å². The second-order valence-electron chi connectivity index (χ2n) is 4.04. The Morgan fingerprint density at radius 3 is 2.72 bits per heavy atom. The lowest BCUT2D eigenvalue weighted by molar-refractivity contribution is 1.09. The first-order valence-corrected chi connectivity index (χ1v) is 6.17. The summed E-state index contributed by atoms with van der Waals surface area (Å²) in [6, 6.07) is 7.62. The number of pyridine rings is 1. The lowest BCUT2D eigenvalue weighted by atomic mass is 10.1. The standard InChI is InChI=1S/C13H9Cl2N3/c1-7-6-9(11-4-5-16-18-11)8-2-3-10(14)12(15)13(8)17-7/h2-6H,1H3,(H,16,18). The van der Waals surface area contributed by atoms with Gasteiger partial charge in [0.1, 0.15) is 0 Å². The second-order valence-corrected chi connectivity index (χ2v) is 4.82. The van der Waals surface area contributed by atoms with E-state index in [2.05, 4.69) is 15.2 Å². The number of hydrogen-bond acceptors (Lipinski definition) is 2. The van der Waals surface area contributed by atoms with Gasteiger partial charge in [-0.25, -0.2) is 0 Å². The summed E-state index contributed by atoms with van der Waals surface area (Å²) in [6.45, 7) is 1.93. The van der Waals surface area contributed by atoms with Crippen molar-refractivity contribution in [1.82, 2.24) is 15.2 Å². The van der Waals surface area contributed by atoms with E-state index in [-0.39, 0.29) is 0 Å². The molecule has 2 aromatic heterocycles. The van der Waals surface area contributed by atoms with E-state index in [1.807, 2.05) is 25.1 Å². The van der Waals surface area contributed by atoms with Gasteiger partial charge in [-0.3, -0.25) is 10.1 Å². The number of hydrogen-bond donors (Lipinski definition) is 1. The normalized spacial score (nSPS) is 11.1. The van der Waals surface area contributed by atoms with Crippen LogP contribution in [0, 0.1) is 6.92 Å². The van der Waals surface area contributed by atoms with Gasteiger partial charge in [-0.15, -0.1) is 0 Å². The third-order valence-electron chi connectivity index (χ3n) is 2.79. The first-order valence-electron chi connectivity index (χ1n) is 5.42. The van der Waals surface area contributed by atoms with E-state index >= 15 is 0 Å². The zero-order chi connectivity index (χ0) is 12.7. The monoisotopic (exact) mass is 277 g/mol. The first kappa shape index (κ1) is 11.5. The van der Waals surface area contributed by atoms with Gasteiger partial charge in [0.2, 0.25) is 0 Å². The van der Waals surface area contributed by atoms with E-state index in [0.29, 0.717) is 15.6 Å². The molecule has 0 aliphatic heterocycles. The summed E-state index contributed by atoms with van der Waals surface area (Å²) in [6.07, 6.45) is 1.72. The predicted octanol–water partition coefficient (Wildman–Crippen LogP) is 4.24. The van der Waals surface area contributed by atoms with Gasteiger partial charge >= 0.3 is 0 Å². The molecule has 3 rings (SSSR count). The van der Waals surface area contributed by atoms with E-state index in [9.17, 15) is 0 Å².